The summed E-state index contributed by atoms with van der Waals surface area (Å²) in [4.78, 5) is 14.3. The van der Waals surface area contributed by atoms with Gasteiger partial charge in [-0.15, -0.1) is 0 Å². The molecule has 1 amide bonds. The molecule has 0 unspecified atom stereocenters. The summed E-state index contributed by atoms with van der Waals surface area (Å²) in [6.45, 7) is 7.27. The Balaban J connectivity index is 2.09. The van der Waals surface area contributed by atoms with Gasteiger partial charge in [0.1, 0.15) is 0 Å². The largest absolute Gasteiger partial charge is 0.495 e. The van der Waals surface area contributed by atoms with Crippen molar-refractivity contribution in [2.75, 3.05) is 7.05 Å². The number of benzene rings is 1. The lowest BCUT2D eigenvalue weighted by Crippen LogP contribution is -2.43. The van der Waals surface area contributed by atoms with Crippen molar-refractivity contribution in [3.05, 3.63) is 29.3 Å². The highest BCUT2D eigenvalue weighted by Gasteiger charge is 2.53. The van der Waals surface area contributed by atoms with E-state index < -0.39 is 36.0 Å². The second kappa shape index (κ2) is 5.99. The highest BCUT2D eigenvalue weighted by Crippen LogP contribution is 2.38. The van der Waals surface area contributed by atoms with Crippen LogP contribution in [0.5, 0.6) is 0 Å². The van der Waals surface area contributed by atoms with E-state index in [9.17, 15) is 18.0 Å². The van der Waals surface area contributed by atoms with E-state index in [0.29, 0.717) is 0 Å². The number of halogens is 3. The van der Waals surface area contributed by atoms with E-state index in [1.165, 1.54) is 17.0 Å². The van der Waals surface area contributed by atoms with Crippen molar-refractivity contribution in [3.8, 4) is 0 Å². The normalized spacial score (nSPS) is 21.8. The molecule has 3 rings (SSSR count). The third-order valence-electron chi connectivity index (χ3n) is 5.54. The van der Waals surface area contributed by atoms with E-state index in [-0.39, 0.29) is 17.1 Å². The van der Waals surface area contributed by atoms with E-state index in [4.69, 9.17) is 9.31 Å². The lowest BCUT2D eigenvalue weighted by atomic mass is 9.74. The van der Waals surface area contributed by atoms with Gasteiger partial charge in [-0.3, -0.25) is 4.79 Å². The zero-order valence-corrected chi connectivity index (χ0v) is 15.6. The summed E-state index contributed by atoms with van der Waals surface area (Å²) in [5.74, 6) is -0.648. The Hall–Kier alpha value is -1.54. The van der Waals surface area contributed by atoms with Crippen molar-refractivity contribution in [2.24, 2.45) is 0 Å². The van der Waals surface area contributed by atoms with Crippen LogP contribution in [0.15, 0.2) is 18.2 Å². The molecule has 0 N–H and O–H groups in total. The lowest BCUT2D eigenvalue weighted by Gasteiger charge is -2.32. The van der Waals surface area contributed by atoms with Gasteiger partial charge in [0.2, 0.25) is 0 Å². The Labute approximate surface area is 151 Å². The lowest BCUT2D eigenvalue weighted by molar-refractivity contribution is -0.137. The van der Waals surface area contributed by atoms with Crippen molar-refractivity contribution in [1.82, 2.24) is 4.90 Å². The fourth-order valence-electron chi connectivity index (χ4n) is 3.02. The minimum atomic E-state index is -4.64. The number of rotatable bonds is 3. The van der Waals surface area contributed by atoms with E-state index >= 15 is 0 Å². The van der Waals surface area contributed by atoms with E-state index in [2.05, 4.69) is 0 Å². The SMILES string of the molecule is CN(C(=O)c1c(B2OC(C)(C)C(C)(C)O2)cccc1C(F)(F)F)C1CC1. The number of alkyl halides is 3. The fourth-order valence-corrected chi connectivity index (χ4v) is 3.02. The molecule has 0 bridgehead atoms. The van der Waals surface area contributed by atoms with Crippen LogP contribution >= 0.6 is 0 Å². The first-order valence-electron chi connectivity index (χ1n) is 8.68. The molecule has 2 aliphatic rings. The van der Waals surface area contributed by atoms with E-state index in [0.717, 1.165) is 18.9 Å². The summed E-state index contributed by atoms with van der Waals surface area (Å²) in [5, 5.41) is 0. The standard InChI is InChI=1S/C18H23BF3NO3/c1-16(2)17(3,4)26-19(25-16)13-8-6-7-12(18(20,21)22)14(13)15(24)23(5)11-9-10-11/h6-8,11H,9-10H2,1-5H3. The molecular formula is C18H23BF3NO3. The molecule has 1 aromatic rings. The van der Waals surface area contributed by atoms with Crippen LogP contribution in [0.25, 0.3) is 0 Å². The minimum Gasteiger partial charge on any atom is -0.399 e. The Kier molecular flexibility index (Phi) is 4.43. The average Bonchev–Trinajstić information content (AvgIpc) is 3.32. The number of carbonyl (C=O) groups is 1. The van der Waals surface area contributed by atoms with Crippen molar-refractivity contribution in [1.29, 1.82) is 0 Å². The highest BCUT2D eigenvalue weighted by atomic mass is 19.4. The topological polar surface area (TPSA) is 38.8 Å². The highest BCUT2D eigenvalue weighted by molar-refractivity contribution is 6.63. The first kappa shape index (κ1) is 19.2. The van der Waals surface area contributed by atoms with Gasteiger partial charge < -0.3 is 14.2 Å². The first-order valence-corrected chi connectivity index (χ1v) is 8.68. The third kappa shape index (κ3) is 3.25. The number of hydrogen-bond donors (Lipinski definition) is 0. The zero-order chi connectivity index (χ0) is 19.5. The van der Waals surface area contributed by atoms with Crippen molar-refractivity contribution < 1.29 is 27.3 Å². The summed E-state index contributed by atoms with van der Waals surface area (Å²) < 4.78 is 52.6. The summed E-state index contributed by atoms with van der Waals surface area (Å²) in [5.41, 5.74) is -2.64. The minimum absolute atomic E-state index is 0.00469. The summed E-state index contributed by atoms with van der Waals surface area (Å²) >= 11 is 0. The molecule has 4 nitrogen and oxygen atoms in total. The van der Waals surface area contributed by atoms with Gasteiger partial charge in [-0.25, -0.2) is 0 Å². The summed E-state index contributed by atoms with van der Waals surface area (Å²) in [7, 11) is 0.509. The van der Waals surface area contributed by atoms with Crippen LogP contribution in [0, 0.1) is 0 Å². The number of hydrogen-bond acceptors (Lipinski definition) is 3. The maximum Gasteiger partial charge on any atom is 0.495 e. The van der Waals surface area contributed by atoms with E-state index in [1.807, 2.05) is 27.7 Å². The molecule has 26 heavy (non-hydrogen) atoms. The van der Waals surface area contributed by atoms with Crippen LogP contribution in [0.1, 0.15) is 56.5 Å². The molecule has 0 atom stereocenters. The number of carbonyl (C=O) groups excluding carboxylic acids is 1. The Morgan fingerprint density at radius 1 is 1.15 bits per heavy atom. The zero-order valence-electron chi connectivity index (χ0n) is 15.6. The fraction of sp³-hybridized carbons (Fsp3) is 0.611. The van der Waals surface area contributed by atoms with Gasteiger partial charge in [-0.1, -0.05) is 12.1 Å². The molecule has 1 heterocycles. The predicted molar refractivity (Wildman–Crippen MR) is 92.3 cm³/mol. The average molecular weight is 369 g/mol. The van der Waals surface area contributed by atoms with Gasteiger partial charge in [0.25, 0.3) is 5.91 Å². The van der Waals surface area contributed by atoms with Crippen molar-refractivity contribution in [3.63, 3.8) is 0 Å². The summed E-state index contributed by atoms with van der Waals surface area (Å²) in [6, 6.07) is 3.69. The molecule has 8 heteroatoms. The van der Waals surface area contributed by atoms with Gasteiger partial charge in [0.05, 0.1) is 22.3 Å². The maximum absolute atomic E-state index is 13.6. The molecule has 1 aliphatic carbocycles. The quantitative estimate of drug-likeness (QED) is 0.768. The van der Waals surface area contributed by atoms with Crippen LogP contribution < -0.4 is 5.46 Å². The molecule has 1 saturated carbocycles. The van der Waals surface area contributed by atoms with Crippen LogP contribution in [0.3, 0.4) is 0 Å². The Morgan fingerprint density at radius 3 is 2.15 bits per heavy atom. The van der Waals surface area contributed by atoms with Crippen molar-refractivity contribution >= 4 is 18.5 Å². The third-order valence-corrected chi connectivity index (χ3v) is 5.54. The molecule has 1 aromatic carbocycles. The van der Waals surface area contributed by atoms with Gasteiger partial charge >= 0.3 is 13.3 Å². The van der Waals surface area contributed by atoms with Crippen LogP contribution in [0.4, 0.5) is 13.2 Å². The van der Waals surface area contributed by atoms with Crippen LogP contribution in [-0.2, 0) is 15.5 Å². The maximum atomic E-state index is 13.6. The molecular weight excluding hydrogens is 346 g/mol. The van der Waals surface area contributed by atoms with Gasteiger partial charge in [-0.05, 0) is 52.1 Å². The van der Waals surface area contributed by atoms with Gasteiger partial charge in [0.15, 0.2) is 0 Å². The number of amides is 1. The predicted octanol–water partition coefficient (Wildman–Crippen LogP) is 3.24. The van der Waals surface area contributed by atoms with Crippen LogP contribution in [-0.4, -0.2) is 42.2 Å². The van der Waals surface area contributed by atoms with E-state index in [1.54, 1.807) is 7.05 Å². The second-order valence-electron chi connectivity index (χ2n) is 8.00. The monoisotopic (exact) mass is 369 g/mol. The Bertz CT molecular complexity index is 713. The first-order chi connectivity index (χ1) is 11.8. The molecule has 142 valence electrons. The smallest absolute Gasteiger partial charge is 0.399 e. The van der Waals surface area contributed by atoms with Gasteiger partial charge in [0, 0.05) is 13.1 Å². The molecule has 2 fully saturated rings. The Morgan fingerprint density at radius 2 is 1.69 bits per heavy atom. The molecule has 1 aliphatic heterocycles. The number of nitrogens with zero attached hydrogens (tertiary/aromatic N) is 1. The molecule has 0 spiro atoms. The molecule has 0 radical (unpaired) electrons. The molecule has 1 saturated heterocycles. The summed E-state index contributed by atoms with van der Waals surface area (Å²) in [6.07, 6.45) is -3.03. The van der Waals surface area contributed by atoms with Gasteiger partial charge in [-0.2, -0.15) is 13.2 Å². The second-order valence-corrected chi connectivity index (χ2v) is 8.00. The van der Waals surface area contributed by atoms with Crippen molar-refractivity contribution in [2.45, 2.75) is 64.0 Å². The molecule has 0 aromatic heterocycles. The van der Waals surface area contributed by atoms with Crippen LogP contribution in [0.2, 0.25) is 0 Å².